The fraction of sp³-hybridized carbons (Fsp3) is 0.375. The molecule has 0 spiro atoms. The van der Waals surface area contributed by atoms with Crippen molar-refractivity contribution in [1.29, 1.82) is 0 Å². The highest BCUT2D eigenvalue weighted by molar-refractivity contribution is 5.78. The van der Waals surface area contributed by atoms with E-state index in [1.54, 1.807) is 13.1 Å². The lowest BCUT2D eigenvalue weighted by Crippen LogP contribution is -2.53. The zero-order valence-corrected chi connectivity index (χ0v) is 12.0. The minimum Gasteiger partial charge on any atom is -0.480 e. The first kappa shape index (κ1) is 13.8. The van der Waals surface area contributed by atoms with Crippen LogP contribution in [0.3, 0.4) is 0 Å². The number of aromatic nitrogens is 2. The van der Waals surface area contributed by atoms with Gasteiger partial charge in [-0.05, 0) is 19.8 Å². The molecular formula is C16H19N3O2. The standard InChI is InChI=1S/C16H19N3O2/c1-16(15(20)21,18-13-7-8-13)11-19-10-9-17-14(19)12-5-3-2-4-6-12/h2-6,9-10,13,18H,7-8,11H2,1H3,(H,20,21). The van der Waals surface area contributed by atoms with Gasteiger partial charge in [-0.3, -0.25) is 10.1 Å². The number of carboxylic acid groups (broad SMARTS) is 1. The molecule has 2 aromatic rings. The number of carboxylic acids is 1. The number of hydrogen-bond acceptors (Lipinski definition) is 3. The molecule has 1 aromatic heterocycles. The number of rotatable bonds is 6. The average molecular weight is 285 g/mol. The van der Waals surface area contributed by atoms with Crippen molar-refractivity contribution in [1.82, 2.24) is 14.9 Å². The maximum absolute atomic E-state index is 11.7. The van der Waals surface area contributed by atoms with Crippen LogP contribution in [0, 0.1) is 0 Å². The molecule has 1 atom stereocenters. The summed E-state index contributed by atoms with van der Waals surface area (Å²) >= 11 is 0. The highest BCUT2D eigenvalue weighted by Crippen LogP contribution is 2.25. The predicted molar refractivity (Wildman–Crippen MR) is 79.9 cm³/mol. The van der Waals surface area contributed by atoms with E-state index >= 15 is 0 Å². The molecule has 0 bridgehead atoms. The monoisotopic (exact) mass is 285 g/mol. The summed E-state index contributed by atoms with van der Waals surface area (Å²) in [4.78, 5) is 16.0. The van der Waals surface area contributed by atoms with Gasteiger partial charge in [-0.25, -0.2) is 4.98 Å². The van der Waals surface area contributed by atoms with Crippen LogP contribution in [0.25, 0.3) is 11.4 Å². The second-order valence-corrected chi connectivity index (χ2v) is 5.80. The minimum atomic E-state index is -0.981. The topological polar surface area (TPSA) is 67.2 Å². The number of hydrogen-bond donors (Lipinski definition) is 2. The van der Waals surface area contributed by atoms with Crippen molar-refractivity contribution >= 4 is 5.97 Å². The average Bonchev–Trinajstić information content (AvgIpc) is 3.15. The van der Waals surface area contributed by atoms with Crippen molar-refractivity contribution in [2.45, 2.75) is 37.9 Å². The van der Waals surface area contributed by atoms with Crippen LogP contribution in [-0.4, -0.2) is 32.2 Å². The van der Waals surface area contributed by atoms with Gasteiger partial charge in [0.2, 0.25) is 0 Å². The molecule has 5 heteroatoms. The third-order valence-electron chi connectivity index (χ3n) is 3.81. The third kappa shape index (κ3) is 2.97. The van der Waals surface area contributed by atoms with Crippen molar-refractivity contribution in [3.63, 3.8) is 0 Å². The van der Waals surface area contributed by atoms with Gasteiger partial charge in [-0.1, -0.05) is 30.3 Å². The van der Waals surface area contributed by atoms with E-state index < -0.39 is 11.5 Å². The summed E-state index contributed by atoms with van der Waals surface area (Å²) in [6, 6.07) is 10.1. The van der Waals surface area contributed by atoms with Crippen LogP contribution in [-0.2, 0) is 11.3 Å². The molecule has 5 nitrogen and oxygen atoms in total. The predicted octanol–water partition coefficient (Wildman–Crippen LogP) is 2.15. The fourth-order valence-electron chi connectivity index (χ4n) is 2.48. The molecule has 2 N–H and O–H groups in total. The summed E-state index contributed by atoms with van der Waals surface area (Å²) in [6.45, 7) is 2.09. The molecule has 1 saturated carbocycles. The lowest BCUT2D eigenvalue weighted by atomic mass is 10.0. The van der Waals surface area contributed by atoms with Gasteiger partial charge in [0.15, 0.2) is 0 Å². The Morgan fingerprint density at radius 3 is 2.76 bits per heavy atom. The molecule has 21 heavy (non-hydrogen) atoms. The Hall–Kier alpha value is -2.14. The fourth-order valence-corrected chi connectivity index (χ4v) is 2.48. The first-order chi connectivity index (χ1) is 10.1. The lowest BCUT2D eigenvalue weighted by molar-refractivity contribution is -0.144. The van der Waals surface area contributed by atoms with E-state index in [1.807, 2.05) is 41.1 Å². The van der Waals surface area contributed by atoms with E-state index in [0.29, 0.717) is 12.6 Å². The van der Waals surface area contributed by atoms with Gasteiger partial charge in [-0.2, -0.15) is 0 Å². The maximum Gasteiger partial charge on any atom is 0.325 e. The largest absolute Gasteiger partial charge is 0.480 e. The van der Waals surface area contributed by atoms with Crippen LogP contribution in [0.4, 0.5) is 0 Å². The van der Waals surface area contributed by atoms with Gasteiger partial charge in [0.25, 0.3) is 0 Å². The molecule has 0 radical (unpaired) electrons. The summed E-state index contributed by atoms with van der Waals surface area (Å²) < 4.78 is 1.90. The van der Waals surface area contributed by atoms with E-state index in [-0.39, 0.29) is 0 Å². The molecule has 1 aliphatic rings. The minimum absolute atomic E-state index is 0.329. The van der Waals surface area contributed by atoms with E-state index in [0.717, 1.165) is 24.2 Å². The van der Waals surface area contributed by atoms with Crippen LogP contribution in [0.5, 0.6) is 0 Å². The van der Waals surface area contributed by atoms with Gasteiger partial charge in [-0.15, -0.1) is 0 Å². The first-order valence-corrected chi connectivity index (χ1v) is 7.16. The van der Waals surface area contributed by atoms with Gasteiger partial charge in [0.05, 0.1) is 6.54 Å². The molecular weight excluding hydrogens is 266 g/mol. The Morgan fingerprint density at radius 2 is 2.14 bits per heavy atom. The molecule has 1 heterocycles. The summed E-state index contributed by atoms with van der Waals surface area (Å²) in [5.41, 5.74) is 0.00689. The van der Waals surface area contributed by atoms with Crippen LogP contribution < -0.4 is 5.32 Å². The SMILES string of the molecule is CC(Cn1ccnc1-c1ccccc1)(NC1CC1)C(=O)O. The maximum atomic E-state index is 11.7. The van der Waals surface area contributed by atoms with Crippen LogP contribution >= 0.6 is 0 Å². The molecule has 0 saturated heterocycles. The Labute approximate surface area is 123 Å². The normalized spacial score (nSPS) is 17.4. The summed E-state index contributed by atoms with van der Waals surface area (Å²) in [5, 5.41) is 12.8. The van der Waals surface area contributed by atoms with E-state index in [1.165, 1.54) is 0 Å². The van der Waals surface area contributed by atoms with Crippen LogP contribution in [0.15, 0.2) is 42.7 Å². The Morgan fingerprint density at radius 1 is 1.43 bits per heavy atom. The Balaban J connectivity index is 1.87. The van der Waals surface area contributed by atoms with E-state index in [4.69, 9.17) is 0 Å². The smallest absolute Gasteiger partial charge is 0.325 e. The first-order valence-electron chi connectivity index (χ1n) is 7.16. The third-order valence-corrected chi connectivity index (χ3v) is 3.81. The summed E-state index contributed by atoms with van der Waals surface area (Å²) in [5.74, 6) is -0.0391. The van der Waals surface area contributed by atoms with Gasteiger partial charge in [0, 0.05) is 24.0 Å². The summed E-state index contributed by atoms with van der Waals surface area (Å²) in [7, 11) is 0. The zero-order chi connectivity index (χ0) is 14.9. The molecule has 0 aliphatic heterocycles. The lowest BCUT2D eigenvalue weighted by Gasteiger charge is -2.27. The highest BCUT2D eigenvalue weighted by atomic mass is 16.4. The number of benzene rings is 1. The number of carbonyl (C=O) groups is 1. The number of imidazole rings is 1. The molecule has 1 aliphatic carbocycles. The number of aliphatic carboxylic acids is 1. The molecule has 1 unspecified atom stereocenters. The van der Waals surface area contributed by atoms with Gasteiger partial charge < -0.3 is 9.67 Å². The van der Waals surface area contributed by atoms with Crippen LogP contribution in [0.2, 0.25) is 0 Å². The Bertz CT molecular complexity index is 634. The van der Waals surface area contributed by atoms with Crippen molar-refractivity contribution in [2.24, 2.45) is 0 Å². The second-order valence-electron chi connectivity index (χ2n) is 5.80. The second kappa shape index (κ2) is 5.33. The van der Waals surface area contributed by atoms with Gasteiger partial charge >= 0.3 is 5.97 Å². The quantitative estimate of drug-likeness (QED) is 0.853. The number of nitrogens with one attached hydrogen (secondary N) is 1. The van der Waals surface area contributed by atoms with Crippen molar-refractivity contribution in [3.05, 3.63) is 42.7 Å². The van der Waals surface area contributed by atoms with Crippen molar-refractivity contribution in [3.8, 4) is 11.4 Å². The van der Waals surface area contributed by atoms with Crippen molar-refractivity contribution < 1.29 is 9.90 Å². The molecule has 110 valence electrons. The highest BCUT2D eigenvalue weighted by Gasteiger charge is 2.39. The molecule has 1 aromatic carbocycles. The van der Waals surface area contributed by atoms with Gasteiger partial charge in [0.1, 0.15) is 11.4 Å². The molecule has 3 rings (SSSR count). The molecule has 1 fully saturated rings. The van der Waals surface area contributed by atoms with Crippen molar-refractivity contribution in [2.75, 3.05) is 0 Å². The van der Waals surface area contributed by atoms with E-state index in [2.05, 4.69) is 10.3 Å². The van der Waals surface area contributed by atoms with E-state index in [9.17, 15) is 9.90 Å². The molecule has 0 amide bonds. The number of nitrogens with zero attached hydrogens (tertiary/aromatic N) is 2. The zero-order valence-electron chi connectivity index (χ0n) is 12.0. The summed E-state index contributed by atoms with van der Waals surface area (Å²) in [6.07, 6.45) is 5.65. The Kier molecular flexibility index (Phi) is 3.51. The van der Waals surface area contributed by atoms with Crippen LogP contribution in [0.1, 0.15) is 19.8 Å².